The Morgan fingerprint density at radius 1 is 1.31 bits per heavy atom. The normalized spacial score (nSPS) is 11.9. The lowest BCUT2D eigenvalue weighted by molar-refractivity contribution is -0.144. The zero-order valence-electron chi connectivity index (χ0n) is 9.40. The number of ketones is 1. The van der Waals surface area contributed by atoms with Gasteiger partial charge in [0.15, 0.2) is 5.78 Å². The van der Waals surface area contributed by atoms with E-state index in [-0.39, 0.29) is 5.78 Å². The number of Topliss-reactive ketones (excluding diaryl/α,β-unsaturated/α-hetero) is 1. The molecule has 0 amide bonds. The zero-order valence-corrected chi connectivity index (χ0v) is 9.40. The van der Waals surface area contributed by atoms with Crippen molar-refractivity contribution in [3.8, 4) is 0 Å². The van der Waals surface area contributed by atoms with Crippen molar-refractivity contribution in [1.82, 2.24) is 0 Å². The number of rotatable bonds is 4. The summed E-state index contributed by atoms with van der Waals surface area (Å²) in [7, 11) is 0. The molecule has 86 valence electrons. The second kappa shape index (κ2) is 5.42. The van der Waals surface area contributed by atoms with Crippen molar-refractivity contribution in [1.29, 1.82) is 0 Å². The Hall–Kier alpha value is -1.68. The van der Waals surface area contributed by atoms with E-state index in [2.05, 4.69) is 0 Å². The maximum Gasteiger partial charge on any atom is 0.327 e. The Bertz CT molecular complexity index is 384. The summed E-state index contributed by atoms with van der Waals surface area (Å²) >= 11 is 0. The van der Waals surface area contributed by atoms with E-state index in [1.165, 1.54) is 6.92 Å². The number of carbonyl (C=O) groups excluding carboxylic acids is 2. The van der Waals surface area contributed by atoms with Gasteiger partial charge in [0.05, 0.1) is 6.61 Å². The van der Waals surface area contributed by atoms with Crippen LogP contribution in [-0.2, 0) is 9.53 Å². The molecule has 4 heteroatoms. The fourth-order valence-electron chi connectivity index (χ4n) is 1.29. The van der Waals surface area contributed by atoms with Gasteiger partial charge in [0.25, 0.3) is 0 Å². The molecule has 0 aliphatic rings. The molecule has 0 saturated heterocycles. The summed E-state index contributed by atoms with van der Waals surface area (Å²) in [6.45, 7) is 3.52. The van der Waals surface area contributed by atoms with Crippen molar-refractivity contribution in [3.63, 3.8) is 0 Å². The van der Waals surface area contributed by atoms with Gasteiger partial charge in [-0.05, 0) is 19.4 Å². The van der Waals surface area contributed by atoms with Crippen LogP contribution < -0.4 is 5.73 Å². The summed E-state index contributed by atoms with van der Waals surface area (Å²) < 4.78 is 4.80. The molecule has 1 atom stereocenters. The number of ether oxygens (including phenoxy) is 1. The molecule has 0 spiro atoms. The number of benzene rings is 1. The standard InChI is InChI=1S/C12H15NO3/c1-3-16-12(15)11(13)10-6-4-9(5-7-10)8(2)14/h4-7,11H,3,13H2,1-2H3. The van der Waals surface area contributed by atoms with Crippen LogP contribution in [-0.4, -0.2) is 18.4 Å². The van der Waals surface area contributed by atoms with E-state index in [4.69, 9.17) is 10.5 Å². The lowest BCUT2D eigenvalue weighted by Gasteiger charge is -2.10. The lowest BCUT2D eigenvalue weighted by atomic mass is 10.0. The lowest BCUT2D eigenvalue weighted by Crippen LogP contribution is -2.23. The predicted octanol–water partition coefficient (Wildman–Crippen LogP) is 1.45. The van der Waals surface area contributed by atoms with Gasteiger partial charge in [-0.1, -0.05) is 24.3 Å². The van der Waals surface area contributed by atoms with E-state index in [0.717, 1.165) is 0 Å². The van der Waals surface area contributed by atoms with Gasteiger partial charge in [0.2, 0.25) is 0 Å². The fourth-order valence-corrected chi connectivity index (χ4v) is 1.29. The largest absolute Gasteiger partial charge is 0.465 e. The second-order valence-electron chi connectivity index (χ2n) is 3.41. The maximum absolute atomic E-state index is 11.3. The molecule has 0 aliphatic heterocycles. The molecule has 1 aromatic carbocycles. The predicted molar refractivity (Wildman–Crippen MR) is 60.0 cm³/mol. The Morgan fingerprint density at radius 2 is 1.88 bits per heavy atom. The van der Waals surface area contributed by atoms with Gasteiger partial charge in [-0.2, -0.15) is 0 Å². The molecule has 1 rings (SSSR count). The van der Waals surface area contributed by atoms with Crippen LogP contribution in [0, 0.1) is 0 Å². The summed E-state index contributed by atoms with van der Waals surface area (Å²) in [5.41, 5.74) is 6.93. The Kier molecular flexibility index (Phi) is 4.19. The van der Waals surface area contributed by atoms with E-state index < -0.39 is 12.0 Å². The number of nitrogens with two attached hydrogens (primary N) is 1. The minimum atomic E-state index is -0.791. The van der Waals surface area contributed by atoms with E-state index in [9.17, 15) is 9.59 Å². The van der Waals surface area contributed by atoms with Gasteiger partial charge in [0, 0.05) is 5.56 Å². The highest BCUT2D eigenvalue weighted by Gasteiger charge is 2.16. The van der Waals surface area contributed by atoms with E-state index in [1.807, 2.05) is 0 Å². The van der Waals surface area contributed by atoms with E-state index >= 15 is 0 Å². The molecule has 1 aromatic rings. The third-order valence-electron chi connectivity index (χ3n) is 2.22. The molecule has 0 aromatic heterocycles. The number of hydrogen-bond acceptors (Lipinski definition) is 4. The molecule has 0 bridgehead atoms. The van der Waals surface area contributed by atoms with Gasteiger partial charge in [-0.25, -0.2) is 4.79 Å². The van der Waals surface area contributed by atoms with Crippen molar-refractivity contribution in [2.45, 2.75) is 19.9 Å². The summed E-state index contributed by atoms with van der Waals surface area (Å²) in [5, 5.41) is 0. The summed E-state index contributed by atoms with van der Waals surface area (Å²) in [4.78, 5) is 22.4. The van der Waals surface area contributed by atoms with Crippen LogP contribution in [0.2, 0.25) is 0 Å². The van der Waals surface area contributed by atoms with Crippen molar-refractivity contribution < 1.29 is 14.3 Å². The van der Waals surface area contributed by atoms with Crippen LogP contribution in [0.15, 0.2) is 24.3 Å². The van der Waals surface area contributed by atoms with Crippen LogP contribution in [0.4, 0.5) is 0 Å². The molecule has 0 radical (unpaired) electrons. The van der Waals surface area contributed by atoms with Crippen LogP contribution in [0.25, 0.3) is 0 Å². The third kappa shape index (κ3) is 2.90. The summed E-state index contributed by atoms with van der Waals surface area (Å²) in [6, 6.07) is 5.84. The molecular formula is C12H15NO3. The highest BCUT2D eigenvalue weighted by atomic mass is 16.5. The van der Waals surface area contributed by atoms with E-state index in [1.54, 1.807) is 31.2 Å². The Labute approximate surface area is 94.4 Å². The number of esters is 1. The molecule has 0 aliphatic carbocycles. The second-order valence-corrected chi connectivity index (χ2v) is 3.41. The highest BCUT2D eigenvalue weighted by molar-refractivity contribution is 5.94. The van der Waals surface area contributed by atoms with Gasteiger partial charge in [-0.15, -0.1) is 0 Å². The zero-order chi connectivity index (χ0) is 12.1. The minimum Gasteiger partial charge on any atom is -0.465 e. The molecule has 16 heavy (non-hydrogen) atoms. The van der Waals surface area contributed by atoms with E-state index in [0.29, 0.717) is 17.7 Å². The first-order valence-electron chi connectivity index (χ1n) is 5.09. The topological polar surface area (TPSA) is 69.4 Å². The van der Waals surface area contributed by atoms with Gasteiger partial charge < -0.3 is 10.5 Å². The van der Waals surface area contributed by atoms with Crippen molar-refractivity contribution >= 4 is 11.8 Å². The fraction of sp³-hybridized carbons (Fsp3) is 0.333. The Morgan fingerprint density at radius 3 is 2.31 bits per heavy atom. The van der Waals surface area contributed by atoms with Gasteiger partial charge in [-0.3, -0.25) is 4.79 Å². The minimum absolute atomic E-state index is 0.0174. The molecule has 0 fully saturated rings. The maximum atomic E-state index is 11.3. The van der Waals surface area contributed by atoms with Crippen LogP contribution in [0.5, 0.6) is 0 Å². The SMILES string of the molecule is CCOC(=O)C(N)c1ccc(C(C)=O)cc1. The Balaban J connectivity index is 2.81. The average molecular weight is 221 g/mol. The molecular weight excluding hydrogens is 206 g/mol. The molecule has 0 saturated carbocycles. The molecule has 0 heterocycles. The summed E-state index contributed by atoms with van der Waals surface area (Å²) in [6.07, 6.45) is 0. The molecule has 2 N–H and O–H groups in total. The first-order valence-corrected chi connectivity index (χ1v) is 5.09. The van der Waals surface area contributed by atoms with Crippen LogP contribution in [0.1, 0.15) is 35.8 Å². The highest BCUT2D eigenvalue weighted by Crippen LogP contribution is 2.13. The first-order chi connectivity index (χ1) is 7.56. The quantitative estimate of drug-likeness (QED) is 0.617. The third-order valence-corrected chi connectivity index (χ3v) is 2.22. The monoisotopic (exact) mass is 221 g/mol. The smallest absolute Gasteiger partial charge is 0.327 e. The van der Waals surface area contributed by atoms with Crippen LogP contribution in [0.3, 0.4) is 0 Å². The average Bonchev–Trinajstić information content (AvgIpc) is 2.28. The van der Waals surface area contributed by atoms with Gasteiger partial charge >= 0.3 is 5.97 Å². The van der Waals surface area contributed by atoms with Crippen molar-refractivity contribution in [2.75, 3.05) is 6.61 Å². The summed E-state index contributed by atoms with van der Waals surface area (Å²) in [5.74, 6) is -0.477. The molecule has 4 nitrogen and oxygen atoms in total. The van der Waals surface area contributed by atoms with Gasteiger partial charge in [0.1, 0.15) is 6.04 Å². The molecule has 1 unspecified atom stereocenters. The first kappa shape index (κ1) is 12.4. The van der Waals surface area contributed by atoms with Crippen molar-refractivity contribution in [2.24, 2.45) is 5.73 Å². The number of carbonyl (C=O) groups is 2. The van der Waals surface area contributed by atoms with Crippen molar-refractivity contribution in [3.05, 3.63) is 35.4 Å². The number of hydrogen-bond donors (Lipinski definition) is 1. The van der Waals surface area contributed by atoms with Crippen LogP contribution >= 0.6 is 0 Å².